The minimum atomic E-state index is -0.106. The van der Waals surface area contributed by atoms with Crippen LogP contribution in [0, 0.1) is 6.08 Å². The van der Waals surface area contributed by atoms with Crippen LogP contribution in [0.4, 0.5) is 0 Å². The van der Waals surface area contributed by atoms with Gasteiger partial charge in [0.05, 0.1) is 0 Å². The minimum absolute atomic E-state index is 0.106. The third-order valence-corrected chi connectivity index (χ3v) is 0.829. The number of rotatable bonds is 0. The van der Waals surface area contributed by atoms with Crippen molar-refractivity contribution in [2.75, 3.05) is 0 Å². The molecule has 0 aromatic carbocycles. The molecule has 0 atom stereocenters. The van der Waals surface area contributed by atoms with Crippen molar-refractivity contribution in [2.24, 2.45) is 0 Å². The van der Waals surface area contributed by atoms with Crippen molar-refractivity contribution in [3.8, 4) is 0 Å². The van der Waals surface area contributed by atoms with Crippen molar-refractivity contribution < 1.29 is 15.9 Å². The van der Waals surface area contributed by atoms with Crippen molar-refractivity contribution in [2.45, 2.75) is 0 Å². The summed E-state index contributed by atoms with van der Waals surface area (Å²) in [7, 11) is 9.63. The summed E-state index contributed by atoms with van der Waals surface area (Å²) >= 11 is -0.106. The van der Waals surface area contributed by atoms with Crippen molar-refractivity contribution >= 4 is 19.1 Å². The Morgan fingerprint density at radius 2 is 1.45 bits per heavy atom. The fraction of sp³-hybridized carbons (Fsp3) is 0. The van der Waals surface area contributed by atoms with Gasteiger partial charge in [-0.1, -0.05) is 6.08 Å². The average Bonchev–Trinajstić information content (AvgIpc) is 1.86. The Hall–Kier alpha value is 0.202. The SMILES string of the molecule is [C-]1=CC=CC=CC=C1.[Cl][Pd][Cl]. The van der Waals surface area contributed by atoms with Gasteiger partial charge < -0.3 is 0 Å². The van der Waals surface area contributed by atoms with E-state index in [1.807, 2.05) is 42.5 Å². The third kappa shape index (κ3) is 10.2. The Bertz CT molecular complexity index is 125. The summed E-state index contributed by atoms with van der Waals surface area (Å²) in [4.78, 5) is 0. The fourth-order valence-electron chi connectivity index (χ4n) is 0.470. The van der Waals surface area contributed by atoms with Gasteiger partial charge in [-0.15, -0.1) is 12.2 Å². The van der Waals surface area contributed by atoms with Crippen molar-refractivity contribution in [1.29, 1.82) is 0 Å². The summed E-state index contributed by atoms with van der Waals surface area (Å²) in [5, 5.41) is 0. The number of allylic oxidation sites excluding steroid dienone is 8. The van der Waals surface area contributed by atoms with Gasteiger partial charge in [-0.2, -0.15) is 30.4 Å². The van der Waals surface area contributed by atoms with Crippen LogP contribution in [0.1, 0.15) is 0 Å². The average molecular weight is 280 g/mol. The van der Waals surface area contributed by atoms with E-state index in [1.165, 1.54) is 0 Å². The molecule has 1 aliphatic rings. The van der Waals surface area contributed by atoms with E-state index in [1.54, 1.807) is 0 Å². The molecule has 0 saturated heterocycles. The van der Waals surface area contributed by atoms with Gasteiger partial charge in [0.2, 0.25) is 0 Å². The molecule has 0 N–H and O–H groups in total. The quantitative estimate of drug-likeness (QED) is 0.471. The first-order valence-corrected chi connectivity index (χ1v) is 6.82. The van der Waals surface area contributed by atoms with E-state index in [4.69, 9.17) is 19.1 Å². The summed E-state index contributed by atoms with van der Waals surface area (Å²) in [6.07, 6.45) is 16.5. The van der Waals surface area contributed by atoms with Crippen molar-refractivity contribution in [1.82, 2.24) is 0 Å². The van der Waals surface area contributed by atoms with Crippen LogP contribution < -0.4 is 0 Å². The Labute approximate surface area is 83.4 Å². The molecular formula is C8H7Cl2Pd-. The topological polar surface area (TPSA) is 0 Å². The molecule has 3 heteroatoms. The van der Waals surface area contributed by atoms with E-state index in [9.17, 15) is 0 Å². The summed E-state index contributed by atoms with van der Waals surface area (Å²) in [6, 6.07) is 0. The van der Waals surface area contributed by atoms with Crippen LogP contribution in [0.25, 0.3) is 0 Å². The van der Waals surface area contributed by atoms with Crippen LogP contribution in [0.2, 0.25) is 0 Å². The van der Waals surface area contributed by atoms with E-state index in [-0.39, 0.29) is 15.9 Å². The Morgan fingerprint density at radius 1 is 0.909 bits per heavy atom. The summed E-state index contributed by atoms with van der Waals surface area (Å²) in [5.41, 5.74) is 0. The molecule has 0 radical (unpaired) electrons. The van der Waals surface area contributed by atoms with Crippen LogP contribution in [-0.2, 0) is 15.9 Å². The Morgan fingerprint density at radius 3 is 2.18 bits per heavy atom. The van der Waals surface area contributed by atoms with E-state index < -0.39 is 0 Å². The number of halogens is 2. The third-order valence-electron chi connectivity index (χ3n) is 0.829. The molecule has 64 valence electrons. The zero-order valence-electron chi connectivity index (χ0n) is 5.61. The van der Waals surface area contributed by atoms with Gasteiger partial charge in [0.15, 0.2) is 0 Å². The molecular weight excluding hydrogens is 273 g/mol. The second-order valence-electron chi connectivity index (χ2n) is 1.51. The predicted molar refractivity (Wildman–Crippen MR) is 46.9 cm³/mol. The molecule has 0 aromatic heterocycles. The van der Waals surface area contributed by atoms with Crippen molar-refractivity contribution in [3.05, 3.63) is 48.6 Å². The van der Waals surface area contributed by atoms with Gasteiger partial charge >= 0.3 is 35.0 Å². The summed E-state index contributed by atoms with van der Waals surface area (Å²) in [6.45, 7) is 0. The van der Waals surface area contributed by atoms with Crippen molar-refractivity contribution in [3.63, 3.8) is 0 Å². The molecule has 0 spiro atoms. The standard InChI is InChI=1S/C8H7.2ClH.Pd/c1-2-4-6-8-7-5-3-1;;;/h1-7H;2*1H;/q-1;;;+2/p-2. The van der Waals surface area contributed by atoms with Crippen LogP contribution >= 0.6 is 19.1 Å². The number of hydrogen-bond donors (Lipinski definition) is 0. The molecule has 0 aliphatic heterocycles. The molecule has 1 rings (SSSR count). The second kappa shape index (κ2) is 10.2. The van der Waals surface area contributed by atoms with Gasteiger partial charge in [0.1, 0.15) is 0 Å². The Kier molecular flexibility index (Phi) is 10.4. The molecule has 0 amide bonds. The van der Waals surface area contributed by atoms with E-state index in [2.05, 4.69) is 6.08 Å². The van der Waals surface area contributed by atoms with Gasteiger partial charge in [-0.3, -0.25) is 0 Å². The van der Waals surface area contributed by atoms with Crippen LogP contribution in [0.3, 0.4) is 0 Å². The molecule has 0 unspecified atom stereocenters. The molecule has 0 bridgehead atoms. The first-order chi connectivity index (χ1) is 5.41. The maximum absolute atomic E-state index is 4.81. The Balaban J connectivity index is 0.000000292. The van der Waals surface area contributed by atoms with Crippen LogP contribution in [-0.4, -0.2) is 0 Å². The van der Waals surface area contributed by atoms with Crippen LogP contribution in [0.15, 0.2) is 42.5 Å². The summed E-state index contributed by atoms with van der Waals surface area (Å²) in [5.74, 6) is 0. The van der Waals surface area contributed by atoms with Gasteiger partial charge in [-0.25, -0.2) is 0 Å². The fourth-order valence-corrected chi connectivity index (χ4v) is 0.470. The molecule has 11 heavy (non-hydrogen) atoms. The zero-order chi connectivity index (χ0) is 8.36. The van der Waals surface area contributed by atoms with Gasteiger partial charge in [0.25, 0.3) is 0 Å². The first kappa shape index (κ1) is 11.2. The number of hydrogen-bond acceptors (Lipinski definition) is 0. The maximum atomic E-state index is 4.81. The van der Waals surface area contributed by atoms with Gasteiger partial charge in [-0.05, 0) is 0 Å². The molecule has 0 heterocycles. The zero-order valence-corrected chi connectivity index (χ0v) is 8.68. The summed E-state index contributed by atoms with van der Waals surface area (Å²) < 4.78 is 0. The predicted octanol–water partition coefficient (Wildman–Crippen LogP) is 3.40. The van der Waals surface area contributed by atoms with E-state index in [0.717, 1.165) is 0 Å². The monoisotopic (exact) mass is 279 g/mol. The molecule has 0 saturated carbocycles. The molecule has 0 fully saturated rings. The van der Waals surface area contributed by atoms with E-state index >= 15 is 0 Å². The normalized spacial score (nSPS) is 13.6. The van der Waals surface area contributed by atoms with Crippen LogP contribution in [0.5, 0.6) is 0 Å². The first-order valence-electron chi connectivity index (χ1n) is 2.82. The molecule has 1 aliphatic carbocycles. The van der Waals surface area contributed by atoms with Gasteiger partial charge in [0, 0.05) is 0 Å². The molecule has 0 aromatic rings. The molecule has 0 nitrogen and oxygen atoms in total. The second-order valence-corrected chi connectivity index (χ2v) is 3.87. The van der Waals surface area contributed by atoms with E-state index in [0.29, 0.717) is 0 Å².